The minimum absolute atomic E-state index is 0.0540. The highest BCUT2D eigenvalue weighted by Crippen LogP contribution is 2.29. The largest absolute Gasteiger partial charge is 0.493 e. The van der Waals surface area contributed by atoms with Gasteiger partial charge in [0.1, 0.15) is 0 Å². The molecule has 1 fully saturated rings. The molecular formula is C22H23Cl2NO5S. The molecule has 0 N–H and O–H groups in total. The van der Waals surface area contributed by atoms with Crippen molar-refractivity contribution >= 4 is 45.0 Å². The molecule has 0 bridgehead atoms. The van der Waals surface area contributed by atoms with Crippen molar-refractivity contribution in [2.75, 3.05) is 25.7 Å². The van der Waals surface area contributed by atoms with Crippen LogP contribution in [0.5, 0.6) is 11.5 Å². The van der Waals surface area contributed by atoms with Crippen LogP contribution in [0.1, 0.15) is 17.5 Å². The molecule has 1 atom stereocenters. The van der Waals surface area contributed by atoms with E-state index in [0.717, 1.165) is 5.56 Å². The molecule has 31 heavy (non-hydrogen) atoms. The molecule has 1 amide bonds. The summed E-state index contributed by atoms with van der Waals surface area (Å²) in [5.41, 5.74) is 1.44. The van der Waals surface area contributed by atoms with Crippen LogP contribution in [0, 0.1) is 0 Å². The van der Waals surface area contributed by atoms with E-state index in [1.165, 1.54) is 13.2 Å². The lowest BCUT2D eigenvalue weighted by molar-refractivity contribution is -0.128. The second kappa shape index (κ2) is 9.94. The number of sulfone groups is 1. The molecule has 2 aromatic carbocycles. The first kappa shape index (κ1) is 23.4. The number of hydrogen-bond donors (Lipinski definition) is 0. The van der Waals surface area contributed by atoms with E-state index in [2.05, 4.69) is 0 Å². The highest BCUT2D eigenvalue weighted by atomic mass is 35.5. The average molecular weight is 484 g/mol. The first-order valence-electron chi connectivity index (χ1n) is 9.57. The zero-order valence-electron chi connectivity index (χ0n) is 17.2. The topological polar surface area (TPSA) is 72.9 Å². The van der Waals surface area contributed by atoms with Crippen LogP contribution >= 0.6 is 23.2 Å². The normalized spacial score (nSPS) is 17.6. The van der Waals surface area contributed by atoms with Crippen LogP contribution in [0.2, 0.25) is 10.0 Å². The van der Waals surface area contributed by atoms with E-state index in [1.807, 2.05) is 6.07 Å². The van der Waals surface area contributed by atoms with Gasteiger partial charge in [-0.05, 0) is 47.9 Å². The second-order valence-electron chi connectivity index (χ2n) is 7.21. The van der Waals surface area contributed by atoms with Crippen LogP contribution in [0.25, 0.3) is 6.08 Å². The van der Waals surface area contributed by atoms with Gasteiger partial charge in [0.15, 0.2) is 21.3 Å². The van der Waals surface area contributed by atoms with E-state index in [-0.39, 0.29) is 24.0 Å². The maximum Gasteiger partial charge on any atom is 0.247 e. The van der Waals surface area contributed by atoms with Gasteiger partial charge in [0, 0.05) is 28.7 Å². The number of methoxy groups -OCH3 is 2. The molecule has 3 rings (SSSR count). The third kappa shape index (κ3) is 5.93. The van der Waals surface area contributed by atoms with Crippen molar-refractivity contribution in [2.24, 2.45) is 0 Å². The van der Waals surface area contributed by atoms with Gasteiger partial charge in [0.25, 0.3) is 0 Å². The van der Waals surface area contributed by atoms with E-state index < -0.39 is 15.9 Å². The first-order valence-corrected chi connectivity index (χ1v) is 12.1. The summed E-state index contributed by atoms with van der Waals surface area (Å²) in [6, 6.07) is 9.95. The molecule has 9 heteroatoms. The van der Waals surface area contributed by atoms with Gasteiger partial charge in [-0.3, -0.25) is 4.79 Å². The summed E-state index contributed by atoms with van der Waals surface area (Å²) < 4.78 is 34.7. The van der Waals surface area contributed by atoms with E-state index in [4.69, 9.17) is 32.7 Å². The quantitative estimate of drug-likeness (QED) is 0.550. The van der Waals surface area contributed by atoms with Crippen molar-refractivity contribution < 1.29 is 22.7 Å². The summed E-state index contributed by atoms with van der Waals surface area (Å²) >= 11 is 12.1. The average Bonchev–Trinajstić information content (AvgIpc) is 3.10. The lowest BCUT2D eigenvalue weighted by Gasteiger charge is -2.27. The Bertz CT molecular complexity index is 1100. The minimum atomic E-state index is -3.17. The summed E-state index contributed by atoms with van der Waals surface area (Å²) in [6.45, 7) is 0.234. The van der Waals surface area contributed by atoms with Crippen molar-refractivity contribution in [3.05, 3.63) is 63.6 Å². The van der Waals surface area contributed by atoms with Gasteiger partial charge in [-0.15, -0.1) is 0 Å². The van der Waals surface area contributed by atoms with Crippen molar-refractivity contribution in [1.29, 1.82) is 0 Å². The summed E-state index contributed by atoms with van der Waals surface area (Å²) in [5, 5.41) is 0.922. The molecule has 166 valence electrons. The summed E-state index contributed by atoms with van der Waals surface area (Å²) in [7, 11) is -0.0873. The number of carbonyl (C=O) groups excluding carboxylic acids is 1. The molecule has 1 aliphatic rings. The van der Waals surface area contributed by atoms with Crippen LogP contribution in [-0.4, -0.2) is 51.0 Å². The zero-order chi connectivity index (χ0) is 22.6. The molecule has 1 aliphatic heterocycles. The van der Waals surface area contributed by atoms with E-state index in [9.17, 15) is 13.2 Å². The number of hydrogen-bond acceptors (Lipinski definition) is 5. The van der Waals surface area contributed by atoms with E-state index >= 15 is 0 Å². The van der Waals surface area contributed by atoms with Crippen LogP contribution < -0.4 is 9.47 Å². The number of rotatable bonds is 7. The summed E-state index contributed by atoms with van der Waals surface area (Å²) in [5.74, 6) is 0.824. The third-order valence-corrected chi connectivity index (χ3v) is 7.41. The van der Waals surface area contributed by atoms with E-state index in [0.29, 0.717) is 33.5 Å². The number of carbonyl (C=O) groups is 1. The summed E-state index contributed by atoms with van der Waals surface area (Å²) in [4.78, 5) is 14.7. The predicted molar refractivity (Wildman–Crippen MR) is 123 cm³/mol. The fraction of sp³-hybridized carbons (Fsp3) is 0.318. The lowest BCUT2D eigenvalue weighted by atomic mass is 10.1. The molecule has 0 aliphatic carbocycles. The number of halogens is 2. The SMILES string of the molecule is COc1ccc(CN(C(=O)/C=C/c2ccc(Cl)cc2Cl)[C@H]2CCS(=O)(=O)C2)cc1OC. The molecule has 0 unspecified atom stereocenters. The van der Waals surface area contributed by atoms with Gasteiger partial charge in [0.2, 0.25) is 5.91 Å². The second-order valence-corrected chi connectivity index (χ2v) is 10.3. The monoisotopic (exact) mass is 483 g/mol. The van der Waals surface area contributed by atoms with Gasteiger partial charge in [-0.2, -0.15) is 0 Å². The first-order chi connectivity index (χ1) is 14.7. The molecule has 0 radical (unpaired) electrons. The Morgan fingerprint density at radius 3 is 2.48 bits per heavy atom. The lowest BCUT2D eigenvalue weighted by Crippen LogP contribution is -2.39. The Morgan fingerprint density at radius 2 is 1.87 bits per heavy atom. The van der Waals surface area contributed by atoms with Crippen LogP contribution in [-0.2, 0) is 21.2 Å². The molecule has 6 nitrogen and oxygen atoms in total. The Morgan fingerprint density at radius 1 is 1.13 bits per heavy atom. The highest BCUT2D eigenvalue weighted by molar-refractivity contribution is 7.91. The Kier molecular flexibility index (Phi) is 7.51. The fourth-order valence-electron chi connectivity index (χ4n) is 3.48. The molecule has 0 aromatic heterocycles. The Labute approximate surface area is 192 Å². The van der Waals surface area contributed by atoms with Crippen LogP contribution in [0.15, 0.2) is 42.5 Å². The van der Waals surface area contributed by atoms with Crippen molar-refractivity contribution in [1.82, 2.24) is 4.90 Å². The van der Waals surface area contributed by atoms with Gasteiger partial charge < -0.3 is 14.4 Å². The standard InChI is InChI=1S/C22H23Cl2NO5S/c1-29-20-7-3-15(11-21(20)30-2)13-25(18-9-10-31(27,28)14-18)22(26)8-5-16-4-6-17(23)12-19(16)24/h3-8,11-12,18H,9-10,13-14H2,1-2H3/b8-5+/t18-/m0/s1. The van der Waals surface area contributed by atoms with Crippen LogP contribution in [0.4, 0.5) is 0 Å². The molecule has 2 aromatic rings. The number of amides is 1. The molecule has 1 heterocycles. The van der Waals surface area contributed by atoms with Gasteiger partial charge in [0.05, 0.1) is 25.7 Å². The predicted octanol–water partition coefficient (Wildman–Crippen LogP) is 4.24. The molecule has 1 saturated heterocycles. The Balaban J connectivity index is 1.87. The molecular weight excluding hydrogens is 461 g/mol. The number of ether oxygens (including phenoxy) is 2. The zero-order valence-corrected chi connectivity index (χ0v) is 19.5. The number of nitrogens with zero attached hydrogens (tertiary/aromatic N) is 1. The smallest absolute Gasteiger partial charge is 0.247 e. The van der Waals surface area contributed by atoms with Gasteiger partial charge >= 0.3 is 0 Å². The molecule has 0 saturated carbocycles. The van der Waals surface area contributed by atoms with Gasteiger partial charge in [-0.1, -0.05) is 35.3 Å². The van der Waals surface area contributed by atoms with Crippen molar-refractivity contribution in [3.8, 4) is 11.5 Å². The Hall–Kier alpha value is -2.22. The third-order valence-electron chi connectivity index (χ3n) is 5.10. The van der Waals surface area contributed by atoms with Crippen molar-refractivity contribution in [3.63, 3.8) is 0 Å². The highest BCUT2D eigenvalue weighted by Gasteiger charge is 2.34. The van der Waals surface area contributed by atoms with Crippen LogP contribution in [0.3, 0.4) is 0 Å². The van der Waals surface area contributed by atoms with Crippen molar-refractivity contribution in [2.45, 2.75) is 19.0 Å². The maximum absolute atomic E-state index is 13.1. The van der Waals surface area contributed by atoms with Gasteiger partial charge in [-0.25, -0.2) is 8.42 Å². The number of benzene rings is 2. The summed E-state index contributed by atoms with van der Waals surface area (Å²) in [6.07, 6.45) is 3.41. The maximum atomic E-state index is 13.1. The minimum Gasteiger partial charge on any atom is -0.493 e. The molecule has 0 spiro atoms. The van der Waals surface area contributed by atoms with E-state index in [1.54, 1.807) is 48.4 Å². The fourth-order valence-corrected chi connectivity index (χ4v) is 5.68.